The van der Waals surface area contributed by atoms with E-state index in [9.17, 15) is 4.79 Å². The smallest absolute Gasteiger partial charge is 0.320 e. The molecule has 1 aromatic heterocycles. The maximum Gasteiger partial charge on any atom is 0.320 e. The molecule has 0 bridgehead atoms. The number of nitrogens with two attached hydrogens (primary N) is 1. The summed E-state index contributed by atoms with van der Waals surface area (Å²) in [7, 11) is 0. The van der Waals surface area contributed by atoms with Crippen molar-refractivity contribution in [3.05, 3.63) is 34.9 Å². The van der Waals surface area contributed by atoms with Gasteiger partial charge in [-0.15, -0.1) is 0 Å². The largest absolute Gasteiger partial charge is 0.463 e. The van der Waals surface area contributed by atoms with Crippen molar-refractivity contribution in [2.24, 2.45) is 0 Å². The molecule has 2 aromatic rings. The van der Waals surface area contributed by atoms with E-state index in [1.54, 1.807) is 0 Å². The molecule has 2 aliphatic heterocycles. The van der Waals surface area contributed by atoms with Gasteiger partial charge in [0.1, 0.15) is 5.69 Å². The number of aromatic nitrogens is 2. The highest BCUT2D eigenvalue weighted by atomic mass is 16.5. The quantitative estimate of drug-likeness (QED) is 0.677. The van der Waals surface area contributed by atoms with Gasteiger partial charge in [0.05, 0.1) is 13.2 Å². The molecule has 160 valence electrons. The van der Waals surface area contributed by atoms with Gasteiger partial charge in [-0.2, -0.15) is 9.97 Å². The maximum absolute atomic E-state index is 12.3. The van der Waals surface area contributed by atoms with Gasteiger partial charge in [-0.05, 0) is 36.1 Å². The summed E-state index contributed by atoms with van der Waals surface area (Å²) in [4.78, 5) is 25.4. The number of nitrogens with zero attached hydrogens (tertiary/aromatic N) is 4. The Morgan fingerprint density at radius 2 is 2.07 bits per heavy atom. The third-order valence-corrected chi connectivity index (χ3v) is 5.71. The number of hydrogen-bond donors (Lipinski definition) is 2. The summed E-state index contributed by atoms with van der Waals surface area (Å²) in [5.74, 6) is 0.729. The van der Waals surface area contributed by atoms with Crippen molar-refractivity contribution in [2.45, 2.75) is 46.2 Å². The summed E-state index contributed by atoms with van der Waals surface area (Å²) in [5, 5.41) is 2.81. The van der Waals surface area contributed by atoms with Crippen molar-refractivity contribution in [3.63, 3.8) is 0 Å². The molecule has 8 nitrogen and oxygen atoms in total. The van der Waals surface area contributed by atoms with Gasteiger partial charge in [-0.1, -0.05) is 38.5 Å². The fourth-order valence-corrected chi connectivity index (χ4v) is 3.98. The van der Waals surface area contributed by atoms with E-state index in [4.69, 9.17) is 10.5 Å². The second-order valence-electron chi connectivity index (χ2n) is 7.92. The maximum atomic E-state index is 12.3. The lowest BCUT2D eigenvalue weighted by atomic mass is 9.97. The summed E-state index contributed by atoms with van der Waals surface area (Å²) < 4.78 is 5.67. The SMILES string of the molecule is CCCCOc1nc(N)c2c(n1)N(Cc1ccc3c(c1)CCN(CC)C3)CC(=O)N2. The molecule has 1 aromatic carbocycles. The van der Waals surface area contributed by atoms with E-state index in [1.807, 2.05) is 4.90 Å². The van der Waals surface area contributed by atoms with E-state index >= 15 is 0 Å². The molecule has 3 heterocycles. The minimum absolute atomic E-state index is 0.117. The van der Waals surface area contributed by atoms with Crippen molar-refractivity contribution < 1.29 is 9.53 Å². The Balaban J connectivity index is 1.57. The van der Waals surface area contributed by atoms with Crippen LogP contribution in [-0.4, -0.2) is 47.0 Å². The van der Waals surface area contributed by atoms with Gasteiger partial charge in [-0.25, -0.2) is 0 Å². The number of anilines is 3. The molecule has 1 amide bonds. The fourth-order valence-electron chi connectivity index (χ4n) is 3.98. The Morgan fingerprint density at radius 3 is 2.87 bits per heavy atom. The molecule has 2 aliphatic rings. The van der Waals surface area contributed by atoms with Crippen LogP contribution >= 0.6 is 0 Å². The highest BCUT2D eigenvalue weighted by Crippen LogP contribution is 2.34. The van der Waals surface area contributed by atoms with Gasteiger partial charge in [-0.3, -0.25) is 9.69 Å². The van der Waals surface area contributed by atoms with Crippen LogP contribution in [0.2, 0.25) is 0 Å². The van der Waals surface area contributed by atoms with Gasteiger partial charge >= 0.3 is 6.01 Å². The predicted molar refractivity (Wildman–Crippen MR) is 118 cm³/mol. The molecule has 8 heteroatoms. The van der Waals surface area contributed by atoms with Crippen molar-refractivity contribution in [2.75, 3.05) is 42.2 Å². The third-order valence-electron chi connectivity index (χ3n) is 5.71. The molecule has 4 rings (SSSR count). The highest BCUT2D eigenvalue weighted by Gasteiger charge is 2.28. The Hall–Kier alpha value is -2.87. The number of hydrogen-bond acceptors (Lipinski definition) is 7. The summed E-state index contributed by atoms with van der Waals surface area (Å²) in [6.07, 6.45) is 3.00. The average Bonchev–Trinajstić information content (AvgIpc) is 2.74. The van der Waals surface area contributed by atoms with Crippen LogP contribution in [0.1, 0.15) is 43.4 Å². The Bertz CT molecular complexity index is 932. The van der Waals surface area contributed by atoms with Crippen molar-refractivity contribution in [1.29, 1.82) is 0 Å². The number of fused-ring (bicyclic) bond motifs is 2. The first-order valence-electron chi connectivity index (χ1n) is 10.8. The zero-order valence-corrected chi connectivity index (χ0v) is 17.8. The number of likely N-dealkylation sites (N-methyl/N-ethyl adjacent to an activating group) is 1. The van der Waals surface area contributed by atoms with Crippen molar-refractivity contribution >= 4 is 23.2 Å². The number of carbonyl (C=O) groups is 1. The monoisotopic (exact) mass is 410 g/mol. The topological polar surface area (TPSA) is 96.6 Å². The van der Waals surface area contributed by atoms with Crippen LogP contribution in [-0.2, 0) is 24.3 Å². The van der Waals surface area contributed by atoms with E-state index in [1.165, 1.54) is 11.1 Å². The molecular weight excluding hydrogens is 380 g/mol. The number of rotatable bonds is 7. The number of benzene rings is 1. The number of carbonyl (C=O) groups excluding carboxylic acids is 1. The number of unbranched alkanes of at least 4 members (excludes halogenated alkanes) is 1. The molecule has 0 radical (unpaired) electrons. The normalized spacial score (nSPS) is 16.1. The van der Waals surface area contributed by atoms with Crippen LogP contribution in [0.3, 0.4) is 0 Å². The first kappa shape index (κ1) is 20.4. The van der Waals surface area contributed by atoms with Crippen LogP contribution in [0.15, 0.2) is 18.2 Å². The number of nitrogens with one attached hydrogen (secondary N) is 1. The van der Waals surface area contributed by atoms with Crippen molar-refractivity contribution in [1.82, 2.24) is 14.9 Å². The van der Waals surface area contributed by atoms with Crippen molar-refractivity contribution in [3.8, 4) is 6.01 Å². The minimum Gasteiger partial charge on any atom is -0.463 e. The molecule has 0 saturated heterocycles. The van der Waals surface area contributed by atoms with Gasteiger partial charge < -0.3 is 20.7 Å². The minimum atomic E-state index is -0.117. The van der Waals surface area contributed by atoms with Crippen LogP contribution in [0, 0.1) is 0 Å². The molecule has 0 fully saturated rings. The lowest BCUT2D eigenvalue weighted by molar-refractivity contribution is -0.115. The molecule has 0 aliphatic carbocycles. The van der Waals surface area contributed by atoms with E-state index < -0.39 is 0 Å². The summed E-state index contributed by atoms with van der Waals surface area (Å²) in [6.45, 7) is 8.81. The number of ether oxygens (including phenoxy) is 1. The second-order valence-corrected chi connectivity index (χ2v) is 7.92. The molecule has 0 spiro atoms. The van der Waals surface area contributed by atoms with Crippen LogP contribution in [0.5, 0.6) is 6.01 Å². The van der Waals surface area contributed by atoms with E-state index in [2.05, 4.69) is 52.2 Å². The average molecular weight is 411 g/mol. The second kappa shape index (κ2) is 8.87. The molecule has 0 atom stereocenters. The fraction of sp³-hybridized carbons (Fsp3) is 0.500. The summed E-state index contributed by atoms with van der Waals surface area (Å²) in [6, 6.07) is 6.88. The lowest BCUT2D eigenvalue weighted by Gasteiger charge is -2.31. The zero-order valence-electron chi connectivity index (χ0n) is 17.8. The molecule has 30 heavy (non-hydrogen) atoms. The van der Waals surface area contributed by atoms with Gasteiger partial charge in [0.2, 0.25) is 5.91 Å². The highest BCUT2D eigenvalue weighted by molar-refractivity contribution is 6.03. The van der Waals surface area contributed by atoms with Crippen LogP contribution in [0.4, 0.5) is 17.3 Å². The van der Waals surface area contributed by atoms with Gasteiger partial charge in [0, 0.05) is 19.6 Å². The predicted octanol–water partition coefficient (Wildman–Crippen LogP) is 2.57. The standard InChI is InChI=1S/C22H30N6O2/c1-3-5-10-30-22-25-20(23)19-21(26-22)28(14-18(29)24-19)12-15-6-7-17-13-27(4-2)9-8-16(17)11-15/h6-7,11H,3-5,8-10,12-14H2,1-2H3,(H,24,29)(H2,23,25,26). The Labute approximate surface area is 177 Å². The Morgan fingerprint density at radius 1 is 1.20 bits per heavy atom. The number of amides is 1. The zero-order chi connectivity index (χ0) is 21.1. The van der Waals surface area contributed by atoms with Crippen LogP contribution in [0.25, 0.3) is 0 Å². The molecular formula is C22H30N6O2. The van der Waals surface area contributed by atoms with E-state index in [0.29, 0.717) is 24.7 Å². The summed E-state index contributed by atoms with van der Waals surface area (Å²) in [5.41, 5.74) is 10.5. The molecule has 0 unspecified atom stereocenters. The van der Waals surface area contributed by atoms with Crippen LogP contribution < -0.4 is 20.7 Å². The molecule has 0 saturated carbocycles. The summed E-state index contributed by atoms with van der Waals surface area (Å²) >= 11 is 0. The number of nitrogen functional groups attached to an aromatic ring is 1. The van der Waals surface area contributed by atoms with Gasteiger partial charge in [0.15, 0.2) is 11.6 Å². The van der Waals surface area contributed by atoms with E-state index in [0.717, 1.165) is 44.5 Å². The Kier molecular flexibility index (Phi) is 6.03. The third kappa shape index (κ3) is 4.33. The first-order chi connectivity index (χ1) is 14.6. The lowest BCUT2D eigenvalue weighted by Crippen LogP contribution is -2.39. The van der Waals surface area contributed by atoms with Gasteiger partial charge in [0.25, 0.3) is 0 Å². The molecule has 3 N–H and O–H groups in total. The van der Waals surface area contributed by atoms with E-state index in [-0.39, 0.29) is 24.3 Å². The first-order valence-corrected chi connectivity index (χ1v) is 10.8.